The van der Waals surface area contributed by atoms with Crippen LogP contribution in [0.3, 0.4) is 0 Å². The second kappa shape index (κ2) is 8.13. The summed E-state index contributed by atoms with van der Waals surface area (Å²) in [6.07, 6.45) is 3.53. The van der Waals surface area contributed by atoms with Crippen molar-refractivity contribution < 1.29 is 9.18 Å². The van der Waals surface area contributed by atoms with E-state index in [0.717, 1.165) is 44.5 Å². The summed E-state index contributed by atoms with van der Waals surface area (Å²) in [5, 5.41) is 3.29. The van der Waals surface area contributed by atoms with Gasteiger partial charge in [-0.3, -0.25) is 4.79 Å². The SMILES string of the molecule is CCCN(CCc1cccc(F)c1)C(=O)C1CCNCC1. The van der Waals surface area contributed by atoms with E-state index in [2.05, 4.69) is 12.2 Å². The Kier molecular flexibility index (Phi) is 6.18. The number of rotatable bonds is 6. The molecule has 0 spiro atoms. The first-order chi connectivity index (χ1) is 10.2. The minimum Gasteiger partial charge on any atom is -0.342 e. The molecule has 1 N–H and O–H groups in total. The number of nitrogens with zero attached hydrogens (tertiary/aromatic N) is 1. The zero-order valence-electron chi connectivity index (χ0n) is 12.8. The smallest absolute Gasteiger partial charge is 0.225 e. The van der Waals surface area contributed by atoms with Crippen LogP contribution >= 0.6 is 0 Å². The van der Waals surface area contributed by atoms with Gasteiger partial charge in [-0.25, -0.2) is 4.39 Å². The Balaban J connectivity index is 1.93. The van der Waals surface area contributed by atoms with Gasteiger partial charge in [-0.1, -0.05) is 19.1 Å². The highest BCUT2D eigenvalue weighted by atomic mass is 19.1. The van der Waals surface area contributed by atoms with E-state index in [0.29, 0.717) is 13.0 Å². The molecule has 21 heavy (non-hydrogen) atoms. The lowest BCUT2D eigenvalue weighted by atomic mass is 9.96. The Morgan fingerprint density at radius 2 is 2.10 bits per heavy atom. The monoisotopic (exact) mass is 292 g/mol. The molecule has 0 radical (unpaired) electrons. The lowest BCUT2D eigenvalue weighted by Crippen LogP contribution is -2.42. The number of benzene rings is 1. The van der Waals surface area contributed by atoms with Gasteiger partial charge in [0.2, 0.25) is 5.91 Å². The molecule has 116 valence electrons. The van der Waals surface area contributed by atoms with E-state index in [-0.39, 0.29) is 17.6 Å². The normalized spacial score (nSPS) is 15.9. The Labute approximate surface area is 126 Å². The molecule has 1 aliphatic rings. The van der Waals surface area contributed by atoms with Gasteiger partial charge in [-0.2, -0.15) is 0 Å². The van der Waals surface area contributed by atoms with Crippen LogP contribution in [0.15, 0.2) is 24.3 Å². The van der Waals surface area contributed by atoms with Crippen LogP contribution in [0.4, 0.5) is 4.39 Å². The predicted molar refractivity (Wildman–Crippen MR) is 82.6 cm³/mol. The van der Waals surface area contributed by atoms with Crippen LogP contribution in [0, 0.1) is 11.7 Å². The van der Waals surface area contributed by atoms with Crippen LogP contribution in [-0.4, -0.2) is 37.0 Å². The third-order valence-electron chi connectivity index (χ3n) is 4.05. The highest BCUT2D eigenvalue weighted by Crippen LogP contribution is 2.16. The van der Waals surface area contributed by atoms with Crippen LogP contribution in [0.2, 0.25) is 0 Å². The number of nitrogens with one attached hydrogen (secondary N) is 1. The van der Waals surface area contributed by atoms with Crippen molar-refractivity contribution in [1.29, 1.82) is 0 Å². The summed E-state index contributed by atoms with van der Waals surface area (Å²) in [6.45, 7) is 5.42. The zero-order valence-corrected chi connectivity index (χ0v) is 12.8. The molecule has 0 atom stereocenters. The summed E-state index contributed by atoms with van der Waals surface area (Å²) in [5.41, 5.74) is 0.953. The Morgan fingerprint density at radius 1 is 1.33 bits per heavy atom. The molecule has 0 aromatic heterocycles. The predicted octanol–water partition coefficient (Wildman–Crippen LogP) is 2.61. The molecule has 3 nitrogen and oxygen atoms in total. The maximum atomic E-state index is 13.2. The van der Waals surface area contributed by atoms with Crippen LogP contribution < -0.4 is 5.32 Å². The molecule has 1 aromatic carbocycles. The van der Waals surface area contributed by atoms with Gasteiger partial charge in [0.1, 0.15) is 5.82 Å². The van der Waals surface area contributed by atoms with Crippen molar-refractivity contribution in [2.75, 3.05) is 26.2 Å². The van der Waals surface area contributed by atoms with E-state index in [1.807, 2.05) is 11.0 Å². The molecule has 2 rings (SSSR count). The molecular formula is C17H25FN2O. The van der Waals surface area contributed by atoms with Crippen molar-refractivity contribution in [3.8, 4) is 0 Å². The van der Waals surface area contributed by atoms with Crippen LogP contribution in [0.25, 0.3) is 0 Å². The third-order valence-corrected chi connectivity index (χ3v) is 4.05. The van der Waals surface area contributed by atoms with Crippen LogP contribution in [0.5, 0.6) is 0 Å². The number of carbonyl (C=O) groups excluding carboxylic acids is 1. The van der Waals surface area contributed by atoms with Gasteiger partial charge in [-0.15, -0.1) is 0 Å². The first-order valence-electron chi connectivity index (χ1n) is 7.94. The molecule has 0 aliphatic carbocycles. The number of hydrogen-bond donors (Lipinski definition) is 1. The van der Waals surface area contributed by atoms with E-state index in [1.54, 1.807) is 12.1 Å². The average Bonchev–Trinajstić information content (AvgIpc) is 2.52. The van der Waals surface area contributed by atoms with Crippen LogP contribution in [0.1, 0.15) is 31.7 Å². The molecule has 4 heteroatoms. The van der Waals surface area contributed by atoms with Crippen LogP contribution in [-0.2, 0) is 11.2 Å². The van der Waals surface area contributed by atoms with Gasteiger partial charge in [0.15, 0.2) is 0 Å². The lowest BCUT2D eigenvalue weighted by Gasteiger charge is -2.29. The fraction of sp³-hybridized carbons (Fsp3) is 0.588. The molecule has 0 bridgehead atoms. The lowest BCUT2D eigenvalue weighted by molar-refractivity contribution is -0.136. The molecule has 1 fully saturated rings. The maximum Gasteiger partial charge on any atom is 0.225 e. The van der Waals surface area contributed by atoms with Crippen molar-refractivity contribution >= 4 is 5.91 Å². The quantitative estimate of drug-likeness (QED) is 0.874. The van der Waals surface area contributed by atoms with Crippen molar-refractivity contribution in [3.05, 3.63) is 35.6 Å². The minimum atomic E-state index is -0.209. The minimum absolute atomic E-state index is 0.158. The zero-order chi connectivity index (χ0) is 15.1. The van der Waals surface area contributed by atoms with E-state index in [9.17, 15) is 9.18 Å². The second-order valence-corrected chi connectivity index (χ2v) is 5.73. The van der Waals surface area contributed by atoms with Gasteiger partial charge in [0.05, 0.1) is 0 Å². The van der Waals surface area contributed by atoms with Crippen molar-refractivity contribution in [2.24, 2.45) is 5.92 Å². The average molecular weight is 292 g/mol. The summed E-state index contributed by atoms with van der Waals surface area (Å²) >= 11 is 0. The molecule has 1 aliphatic heterocycles. The maximum absolute atomic E-state index is 13.2. The van der Waals surface area contributed by atoms with Gasteiger partial charge in [0.25, 0.3) is 0 Å². The summed E-state index contributed by atoms with van der Waals surface area (Å²) in [4.78, 5) is 14.6. The Hall–Kier alpha value is -1.42. The van der Waals surface area contributed by atoms with Crippen molar-refractivity contribution in [2.45, 2.75) is 32.6 Å². The molecule has 1 aromatic rings. The summed E-state index contributed by atoms with van der Waals surface area (Å²) < 4.78 is 13.2. The molecule has 0 saturated carbocycles. The Bertz CT molecular complexity index is 458. The summed E-state index contributed by atoms with van der Waals surface area (Å²) in [5.74, 6) is 0.222. The van der Waals surface area contributed by atoms with Crippen molar-refractivity contribution in [1.82, 2.24) is 10.2 Å². The number of carbonyl (C=O) groups is 1. The molecule has 1 saturated heterocycles. The van der Waals surface area contributed by atoms with E-state index < -0.39 is 0 Å². The van der Waals surface area contributed by atoms with Gasteiger partial charge >= 0.3 is 0 Å². The van der Waals surface area contributed by atoms with Gasteiger partial charge in [-0.05, 0) is 56.5 Å². The Morgan fingerprint density at radius 3 is 2.76 bits per heavy atom. The van der Waals surface area contributed by atoms with Gasteiger partial charge < -0.3 is 10.2 Å². The van der Waals surface area contributed by atoms with E-state index in [1.165, 1.54) is 6.07 Å². The topological polar surface area (TPSA) is 32.3 Å². The first-order valence-corrected chi connectivity index (χ1v) is 7.94. The number of piperidine rings is 1. The highest BCUT2D eigenvalue weighted by molar-refractivity contribution is 5.79. The molecule has 1 heterocycles. The first kappa shape index (κ1) is 16.0. The molecule has 0 unspecified atom stereocenters. The second-order valence-electron chi connectivity index (χ2n) is 5.73. The van der Waals surface area contributed by atoms with Gasteiger partial charge in [0, 0.05) is 19.0 Å². The fourth-order valence-corrected chi connectivity index (χ4v) is 2.89. The number of halogens is 1. The van der Waals surface area contributed by atoms with Crippen molar-refractivity contribution in [3.63, 3.8) is 0 Å². The van der Waals surface area contributed by atoms with E-state index >= 15 is 0 Å². The van der Waals surface area contributed by atoms with E-state index in [4.69, 9.17) is 0 Å². The third kappa shape index (κ3) is 4.81. The largest absolute Gasteiger partial charge is 0.342 e. The standard InChI is InChI=1S/C17H25FN2O/c1-2-11-20(17(21)15-6-9-19-10-7-15)12-8-14-4-3-5-16(18)13-14/h3-5,13,15,19H,2,6-12H2,1H3. The summed E-state index contributed by atoms with van der Waals surface area (Å²) in [7, 11) is 0. The number of amides is 1. The highest BCUT2D eigenvalue weighted by Gasteiger charge is 2.25. The summed E-state index contributed by atoms with van der Waals surface area (Å²) in [6, 6.07) is 6.65. The molecule has 1 amide bonds. The number of hydrogen-bond acceptors (Lipinski definition) is 2. The molecular weight excluding hydrogens is 267 g/mol. The fourth-order valence-electron chi connectivity index (χ4n) is 2.89.